The van der Waals surface area contributed by atoms with Crippen LogP contribution < -0.4 is 5.32 Å². The highest BCUT2D eigenvalue weighted by Crippen LogP contribution is 2.18. The molecule has 0 spiro atoms. The molecule has 6 nitrogen and oxygen atoms in total. The average molecular weight is 1100 g/mol. The monoisotopic (exact) mass is 1100 g/mol. The Morgan fingerprint density at radius 1 is 0.346 bits per heavy atom. The topological polar surface area (TPSA) is 95.9 Å². The van der Waals surface area contributed by atoms with Crippen LogP contribution >= 0.6 is 0 Å². The third-order valence-electron chi connectivity index (χ3n) is 16.4. The zero-order valence-electron chi connectivity index (χ0n) is 52.7. The van der Waals surface area contributed by atoms with E-state index < -0.39 is 12.1 Å². The number of allylic oxidation sites excluding steroid dienone is 5. The second-order valence-electron chi connectivity index (χ2n) is 24.2. The van der Waals surface area contributed by atoms with Gasteiger partial charge in [-0.3, -0.25) is 9.59 Å². The molecule has 0 saturated heterocycles. The van der Waals surface area contributed by atoms with Crippen molar-refractivity contribution in [3.63, 3.8) is 0 Å². The molecule has 0 aromatic heterocycles. The molecule has 2 unspecified atom stereocenters. The fourth-order valence-corrected chi connectivity index (χ4v) is 11.0. The zero-order chi connectivity index (χ0) is 56.4. The molecule has 0 heterocycles. The van der Waals surface area contributed by atoms with Crippen LogP contribution in [0.1, 0.15) is 386 Å². The van der Waals surface area contributed by atoms with E-state index in [-0.39, 0.29) is 18.5 Å². The third kappa shape index (κ3) is 63.3. The highest BCUT2D eigenvalue weighted by Gasteiger charge is 2.18. The second kappa shape index (κ2) is 67.6. The first-order valence-electron chi connectivity index (χ1n) is 35.3. The van der Waals surface area contributed by atoms with E-state index in [2.05, 4.69) is 43.5 Å². The highest BCUT2D eigenvalue weighted by atomic mass is 16.5. The summed E-state index contributed by atoms with van der Waals surface area (Å²) in [6, 6.07) is -0.628. The number of hydrogen-bond acceptors (Lipinski definition) is 5. The van der Waals surface area contributed by atoms with Crippen molar-refractivity contribution >= 4 is 11.9 Å². The molecule has 0 saturated carbocycles. The summed E-state index contributed by atoms with van der Waals surface area (Å²) in [5.74, 6) is -0.0559. The van der Waals surface area contributed by atoms with Crippen LogP contribution in [0.4, 0.5) is 0 Å². The molecule has 1 amide bonds. The lowest BCUT2D eigenvalue weighted by Crippen LogP contribution is -2.45. The van der Waals surface area contributed by atoms with E-state index >= 15 is 0 Å². The lowest BCUT2D eigenvalue weighted by molar-refractivity contribution is -0.143. The van der Waals surface area contributed by atoms with Crippen molar-refractivity contribution in [3.05, 3.63) is 36.5 Å². The first kappa shape index (κ1) is 76.1. The van der Waals surface area contributed by atoms with Gasteiger partial charge in [0.15, 0.2) is 0 Å². The Balaban J connectivity index is 3.39. The van der Waals surface area contributed by atoms with Gasteiger partial charge < -0.3 is 20.3 Å². The number of aliphatic hydroxyl groups is 2. The highest BCUT2D eigenvalue weighted by molar-refractivity contribution is 5.76. The number of hydrogen-bond donors (Lipinski definition) is 3. The number of ether oxygens (including phenoxy) is 1. The Kier molecular flexibility index (Phi) is 65.9. The van der Waals surface area contributed by atoms with Crippen molar-refractivity contribution in [2.24, 2.45) is 0 Å². The molecule has 460 valence electrons. The Labute approximate surface area is 487 Å². The summed E-state index contributed by atoms with van der Waals surface area (Å²) in [4.78, 5) is 24.6. The molecule has 0 aliphatic heterocycles. The lowest BCUT2D eigenvalue weighted by atomic mass is 10.0. The SMILES string of the molecule is CCCCCCCC/C=C\CCCCCCCC(=O)OCCCCCCCCCCCCCC/C=C\CCCCCCCCCCCCCCCC(=O)NC(CO)C(O)/C=C/CCCCCCCCCCCCCCCCC. The minimum absolute atomic E-state index is 0.00859. The van der Waals surface area contributed by atoms with Gasteiger partial charge in [0.1, 0.15) is 0 Å². The minimum Gasteiger partial charge on any atom is -0.466 e. The number of nitrogens with one attached hydrogen (secondary N) is 1. The van der Waals surface area contributed by atoms with Gasteiger partial charge in [-0.25, -0.2) is 0 Å². The maximum absolute atomic E-state index is 12.5. The minimum atomic E-state index is -0.844. The molecule has 2 atom stereocenters. The maximum Gasteiger partial charge on any atom is 0.305 e. The fraction of sp³-hybridized carbons (Fsp3) is 0.889. The van der Waals surface area contributed by atoms with Crippen molar-refractivity contribution in [1.82, 2.24) is 5.32 Å². The largest absolute Gasteiger partial charge is 0.466 e. The van der Waals surface area contributed by atoms with Gasteiger partial charge in [0, 0.05) is 12.8 Å². The Hall–Kier alpha value is -1.92. The van der Waals surface area contributed by atoms with Crippen LogP contribution in [0.2, 0.25) is 0 Å². The summed E-state index contributed by atoms with van der Waals surface area (Å²) >= 11 is 0. The van der Waals surface area contributed by atoms with E-state index in [4.69, 9.17) is 4.74 Å². The Morgan fingerprint density at radius 2 is 0.603 bits per heavy atom. The predicted molar refractivity (Wildman–Crippen MR) is 343 cm³/mol. The molecule has 0 aromatic rings. The van der Waals surface area contributed by atoms with Crippen molar-refractivity contribution in [2.75, 3.05) is 13.2 Å². The first-order valence-corrected chi connectivity index (χ1v) is 35.3. The average Bonchev–Trinajstić information content (AvgIpc) is 3.44. The first-order chi connectivity index (χ1) is 38.5. The van der Waals surface area contributed by atoms with Crippen molar-refractivity contribution < 1.29 is 24.5 Å². The van der Waals surface area contributed by atoms with Crippen LogP contribution in [0.5, 0.6) is 0 Å². The molecule has 0 aliphatic carbocycles. The number of esters is 1. The molecule has 0 rings (SSSR count). The van der Waals surface area contributed by atoms with Crippen LogP contribution in [-0.4, -0.2) is 47.4 Å². The summed E-state index contributed by atoms with van der Waals surface area (Å²) in [6.07, 6.45) is 86.5. The molecule has 6 heteroatoms. The van der Waals surface area contributed by atoms with E-state index in [9.17, 15) is 19.8 Å². The Bertz CT molecular complexity index is 1260. The van der Waals surface area contributed by atoms with Gasteiger partial charge >= 0.3 is 5.97 Å². The molecular weight excluding hydrogens is 959 g/mol. The molecule has 0 fully saturated rings. The van der Waals surface area contributed by atoms with Crippen molar-refractivity contribution in [3.8, 4) is 0 Å². The van der Waals surface area contributed by atoms with Gasteiger partial charge in [0.2, 0.25) is 5.91 Å². The normalized spacial score (nSPS) is 12.7. The molecule has 0 radical (unpaired) electrons. The third-order valence-corrected chi connectivity index (χ3v) is 16.4. The van der Waals surface area contributed by atoms with Gasteiger partial charge in [-0.15, -0.1) is 0 Å². The number of carbonyl (C=O) groups is 2. The second-order valence-corrected chi connectivity index (χ2v) is 24.2. The molecule has 0 bridgehead atoms. The van der Waals surface area contributed by atoms with Crippen LogP contribution in [-0.2, 0) is 14.3 Å². The summed E-state index contributed by atoms with van der Waals surface area (Å²) in [7, 11) is 0. The number of rotatable bonds is 66. The Morgan fingerprint density at radius 3 is 0.910 bits per heavy atom. The predicted octanol–water partition coefficient (Wildman–Crippen LogP) is 22.7. The standard InChI is InChI=1S/C72H137NO5/c1-3-5-7-9-11-13-15-17-19-33-37-40-44-48-52-56-60-64-70(75)69(68-74)73-71(76)65-61-57-53-49-45-41-38-34-31-29-27-25-23-21-20-22-24-26-28-30-32-35-39-43-47-51-55-59-63-67-78-72(77)66-62-58-54-50-46-42-36-18-16-14-12-10-8-6-4-2/h18,20,22,36,60,64,69-70,74-75H,3-17,19,21,23-35,37-59,61-63,65-68H2,1-2H3,(H,73,76)/b22-20-,36-18-,64-60+. The number of amides is 1. The quantitative estimate of drug-likeness (QED) is 0.0320. The van der Waals surface area contributed by atoms with E-state index in [1.807, 2.05) is 6.08 Å². The summed E-state index contributed by atoms with van der Waals surface area (Å²) in [5, 5.41) is 23.2. The van der Waals surface area contributed by atoms with Crippen molar-refractivity contribution in [2.45, 2.75) is 398 Å². The molecule has 3 N–H and O–H groups in total. The van der Waals surface area contributed by atoms with Gasteiger partial charge in [-0.2, -0.15) is 0 Å². The summed E-state index contributed by atoms with van der Waals surface area (Å²) < 4.78 is 5.49. The van der Waals surface area contributed by atoms with Crippen molar-refractivity contribution in [1.29, 1.82) is 0 Å². The summed E-state index contributed by atoms with van der Waals surface area (Å²) in [5.41, 5.74) is 0. The number of unbranched alkanes of at least 4 members (excludes halogenated alkanes) is 51. The molecule has 78 heavy (non-hydrogen) atoms. The van der Waals surface area contributed by atoms with Crippen LogP contribution in [0.3, 0.4) is 0 Å². The van der Waals surface area contributed by atoms with Gasteiger partial charge in [0.05, 0.1) is 25.4 Å². The van der Waals surface area contributed by atoms with Gasteiger partial charge in [-0.1, -0.05) is 326 Å². The molecule has 0 aliphatic rings. The molecular formula is C72H137NO5. The van der Waals surface area contributed by atoms with Gasteiger partial charge in [-0.05, 0) is 83.5 Å². The fourth-order valence-electron chi connectivity index (χ4n) is 11.0. The zero-order valence-corrected chi connectivity index (χ0v) is 52.7. The van der Waals surface area contributed by atoms with Crippen LogP contribution in [0.25, 0.3) is 0 Å². The lowest BCUT2D eigenvalue weighted by Gasteiger charge is -2.20. The van der Waals surface area contributed by atoms with E-state index in [1.54, 1.807) is 6.08 Å². The van der Waals surface area contributed by atoms with Crippen LogP contribution in [0.15, 0.2) is 36.5 Å². The number of carbonyl (C=O) groups excluding carboxylic acids is 2. The molecule has 0 aromatic carbocycles. The van der Waals surface area contributed by atoms with E-state index in [0.29, 0.717) is 19.4 Å². The van der Waals surface area contributed by atoms with E-state index in [0.717, 1.165) is 44.9 Å². The van der Waals surface area contributed by atoms with Gasteiger partial charge in [0.25, 0.3) is 0 Å². The maximum atomic E-state index is 12.5. The summed E-state index contributed by atoms with van der Waals surface area (Å²) in [6.45, 7) is 4.92. The smallest absolute Gasteiger partial charge is 0.305 e. The number of aliphatic hydroxyl groups excluding tert-OH is 2. The van der Waals surface area contributed by atoms with E-state index in [1.165, 1.54) is 315 Å². The van der Waals surface area contributed by atoms with Crippen LogP contribution in [0, 0.1) is 0 Å².